The number of aryl methyl sites for hydroxylation is 2. The molecule has 4 heteroatoms. The van der Waals surface area contributed by atoms with Gasteiger partial charge in [0.15, 0.2) is 0 Å². The minimum atomic E-state index is 0.867. The third-order valence-electron chi connectivity index (χ3n) is 2.41. The Morgan fingerprint density at radius 2 is 2.13 bits per heavy atom. The second-order valence-corrected chi connectivity index (χ2v) is 4.98. The van der Waals surface area contributed by atoms with Crippen molar-refractivity contribution in [2.24, 2.45) is 0 Å². The minimum absolute atomic E-state index is 0.867. The molecule has 0 aliphatic carbocycles. The van der Waals surface area contributed by atoms with Crippen LogP contribution in [0.2, 0.25) is 0 Å². The van der Waals surface area contributed by atoms with Gasteiger partial charge in [0, 0.05) is 13.0 Å². The predicted molar refractivity (Wildman–Crippen MR) is 68.4 cm³/mol. The molecule has 86 valence electrons. The highest BCUT2D eigenvalue weighted by atomic mass is 32.2. The highest BCUT2D eigenvalue weighted by Crippen LogP contribution is 2.16. The minimum Gasteiger partial charge on any atom is -0.384 e. The Labute approximate surface area is 96.5 Å². The maximum atomic E-state index is 6.06. The van der Waals surface area contributed by atoms with Crippen LogP contribution in [0.3, 0.4) is 0 Å². The van der Waals surface area contributed by atoms with Gasteiger partial charge in [-0.2, -0.15) is 11.8 Å². The molecule has 0 aromatic carbocycles. The van der Waals surface area contributed by atoms with Crippen molar-refractivity contribution in [2.45, 2.75) is 40.2 Å². The van der Waals surface area contributed by atoms with Crippen LogP contribution in [0.5, 0.6) is 0 Å². The van der Waals surface area contributed by atoms with E-state index in [9.17, 15) is 0 Å². The Kier molecular flexibility index (Phi) is 5.02. The second-order valence-electron chi connectivity index (χ2n) is 3.59. The van der Waals surface area contributed by atoms with E-state index in [1.165, 1.54) is 0 Å². The molecule has 0 radical (unpaired) electrons. The van der Waals surface area contributed by atoms with Gasteiger partial charge in [-0.1, -0.05) is 13.8 Å². The molecule has 0 saturated carbocycles. The largest absolute Gasteiger partial charge is 0.384 e. The molecule has 0 bridgehead atoms. The second kappa shape index (κ2) is 6.05. The molecule has 0 saturated heterocycles. The van der Waals surface area contributed by atoms with E-state index in [1.807, 2.05) is 18.7 Å². The van der Waals surface area contributed by atoms with Crippen LogP contribution >= 0.6 is 11.8 Å². The molecule has 1 rings (SSSR count). The average Bonchev–Trinajstić information content (AvgIpc) is 2.47. The zero-order valence-electron chi connectivity index (χ0n) is 9.92. The molecule has 15 heavy (non-hydrogen) atoms. The molecule has 0 aliphatic rings. The van der Waals surface area contributed by atoms with E-state index in [-0.39, 0.29) is 0 Å². The third kappa shape index (κ3) is 3.16. The highest BCUT2D eigenvalue weighted by Gasteiger charge is 2.10. The van der Waals surface area contributed by atoms with Gasteiger partial charge in [-0.3, -0.25) is 0 Å². The number of hydrogen-bond donors (Lipinski definition) is 1. The van der Waals surface area contributed by atoms with Gasteiger partial charge in [-0.15, -0.1) is 0 Å². The number of anilines is 1. The van der Waals surface area contributed by atoms with Gasteiger partial charge in [0.05, 0.1) is 5.69 Å². The number of rotatable bonds is 6. The van der Waals surface area contributed by atoms with Crippen molar-refractivity contribution in [2.75, 3.05) is 17.2 Å². The average molecular weight is 227 g/mol. The molecule has 0 atom stereocenters. The monoisotopic (exact) mass is 227 g/mol. The van der Waals surface area contributed by atoms with Crippen LogP contribution in [0.4, 0.5) is 5.82 Å². The van der Waals surface area contributed by atoms with E-state index in [2.05, 4.69) is 23.4 Å². The molecule has 1 aromatic rings. The third-order valence-corrected chi connectivity index (χ3v) is 3.31. The molecule has 0 unspecified atom stereocenters. The van der Waals surface area contributed by atoms with Crippen LogP contribution in [-0.2, 0) is 13.0 Å². The topological polar surface area (TPSA) is 43.8 Å². The molecular weight excluding hydrogens is 206 g/mol. The van der Waals surface area contributed by atoms with Gasteiger partial charge in [-0.05, 0) is 24.9 Å². The maximum Gasteiger partial charge on any atom is 0.126 e. The molecule has 0 fully saturated rings. The number of nitrogens with two attached hydrogens (primary N) is 1. The van der Waals surface area contributed by atoms with Crippen molar-refractivity contribution in [1.29, 1.82) is 0 Å². The molecule has 1 heterocycles. The Hall–Kier alpha value is -0.640. The summed E-state index contributed by atoms with van der Waals surface area (Å²) in [5.74, 6) is 4.19. The number of thioether (sulfide) groups is 1. The first kappa shape index (κ1) is 12.4. The lowest BCUT2D eigenvalue weighted by Gasteiger charge is -2.05. The van der Waals surface area contributed by atoms with Gasteiger partial charge in [0.1, 0.15) is 11.6 Å². The first-order valence-electron chi connectivity index (χ1n) is 5.59. The lowest BCUT2D eigenvalue weighted by Crippen LogP contribution is -2.05. The molecule has 0 aliphatic heterocycles. The Morgan fingerprint density at radius 3 is 2.73 bits per heavy atom. The van der Waals surface area contributed by atoms with Crippen LogP contribution in [0.25, 0.3) is 0 Å². The molecule has 2 N–H and O–H groups in total. The Balaban J connectivity index is 2.68. The summed E-state index contributed by atoms with van der Waals surface area (Å²) in [7, 11) is 0. The summed E-state index contributed by atoms with van der Waals surface area (Å²) in [5.41, 5.74) is 7.13. The van der Waals surface area contributed by atoms with Crippen molar-refractivity contribution in [3.63, 3.8) is 0 Å². The molecule has 1 aromatic heterocycles. The van der Waals surface area contributed by atoms with E-state index in [0.29, 0.717) is 0 Å². The van der Waals surface area contributed by atoms with Crippen molar-refractivity contribution in [3.05, 3.63) is 11.5 Å². The molecule has 3 nitrogen and oxygen atoms in total. The summed E-state index contributed by atoms with van der Waals surface area (Å²) in [6, 6.07) is 0. The number of hydrogen-bond acceptors (Lipinski definition) is 3. The van der Waals surface area contributed by atoms with Crippen molar-refractivity contribution in [1.82, 2.24) is 9.55 Å². The van der Waals surface area contributed by atoms with Crippen LogP contribution < -0.4 is 5.73 Å². The normalized spacial score (nSPS) is 10.9. The fourth-order valence-electron chi connectivity index (χ4n) is 1.65. The van der Waals surface area contributed by atoms with Crippen LogP contribution in [0.1, 0.15) is 31.8 Å². The van der Waals surface area contributed by atoms with E-state index in [1.54, 1.807) is 0 Å². The van der Waals surface area contributed by atoms with Crippen LogP contribution in [0, 0.1) is 6.92 Å². The smallest absolute Gasteiger partial charge is 0.126 e. The van der Waals surface area contributed by atoms with E-state index in [0.717, 1.165) is 48.2 Å². The van der Waals surface area contributed by atoms with E-state index >= 15 is 0 Å². The van der Waals surface area contributed by atoms with Gasteiger partial charge in [0.25, 0.3) is 0 Å². The number of nitrogens with zero attached hydrogens (tertiary/aromatic N) is 2. The Bertz CT molecular complexity index is 307. The van der Waals surface area contributed by atoms with Gasteiger partial charge in [-0.25, -0.2) is 4.98 Å². The van der Waals surface area contributed by atoms with Crippen LogP contribution in [-0.4, -0.2) is 21.1 Å². The quantitative estimate of drug-likeness (QED) is 0.759. The zero-order valence-corrected chi connectivity index (χ0v) is 10.7. The summed E-state index contributed by atoms with van der Waals surface area (Å²) in [6.45, 7) is 7.34. The first-order valence-corrected chi connectivity index (χ1v) is 6.75. The number of aromatic nitrogens is 2. The summed E-state index contributed by atoms with van der Waals surface area (Å²) in [4.78, 5) is 4.53. The lowest BCUT2D eigenvalue weighted by atomic mass is 10.3. The summed E-state index contributed by atoms with van der Waals surface area (Å²) in [6.07, 6.45) is 2.09. The van der Waals surface area contributed by atoms with Crippen molar-refractivity contribution >= 4 is 17.6 Å². The first-order chi connectivity index (χ1) is 7.20. The SMILES string of the molecule is CCCn1c(C)nc(CCSCC)c1N. The van der Waals surface area contributed by atoms with E-state index in [4.69, 9.17) is 5.73 Å². The molecule has 0 spiro atoms. The maximum absolute atomic E-state index is 6.06. The fraction of sp³-hybridized carbons (Fsp3) is 0.727. The standard InChI is InChI=1S/C11H21N3S/c1-4-7-14-9(3)13-10(11(14)12)6-8-15-5-2/h4-8,12H2,1-3H3. The molecular formula is C11H21N3S. The summed E-state index contributed by atoms with van der Waals surface area (Å²) in [5, 5.41) is 0. The molecule has 0 amide bonds. The van der Waals surface area contributed by atoms with Gasteiger partial charge < -0.3 is 10.3 Å². The summed E-state index contributed by atoms with van der Waals surface area (Å²) < 4.78 is 2.12. The van der Waals surface area contributed by atoms with Crippen LogP contribution in [0.15, 0.2) is 0 Å². The Morgan fingerprint density at radius 1 is 1.40 bits per heavy atom. The number of nitrogen functional groups attached to an aromatic ring is 1. The van der Waals surface area contributed by atoms with Gasteiger partial charge >= 0.3 is 0 Å². The highest BCUT2D eigenvalue weighted by molar-refractivity contribution is 7.99. The fourth-order valence-corrected chi connectivity index (χ4v) is 2.27. The predicted octanol–water partition coefficient (Wildman–Crippen LogP) is 2.48. The zero-order chi connectivity index (χ0) is 11.3. The lowest BCUT2D eigenvalue weighted by molar-refractivity contribution is 0.665. The number of imidazole rings is 1. The van der Waals surface area contributed by atoms with Gasteiger partial charge in [0.2, 0.25) is 0 Å². The summed E-state index contributed by atoms with van der Waals surface area (Å²) >= 11 is 1.94. The van der Waals surface area contributed by atoms with Crippen molar-refractivity contribution < 1.29 is 0 Å². The van der Waals surface area contributed by atoms with E-state index < -0.39 is 0 Å². The van der Waals surface area contributed by atoms with Crippen molar-refractivity contribution in [3.8, 4) is 0 Å².